The Morgan fingerprint density at radius 1 is 1.62 bits per heavy atom. The monoisotopic (exact) mass is 244 g/mol. The maximum absolute atomic E-state index is 11.8. The van der Waals surface area contributed by atoms with E-state index in [1.54, 1.807) is 30.7 Å². The second-order valence-electron chi connectivity index (χ2n) is 4.32. The summed E-state index contributed by atoms with van der Waals surface area (Å²) in [4.78, 5) is 11.8. The number of carbonyl (C=O) groups excluding carboxylic acids is 1. The fraction of sp³-hybridized carbons (Fsp3) is 0.545. The van der Waals surface area contributed by atoms with Crippen molar-refractivity contribution >= 4 is 17.5 Å². The molecule has 0 saturated carbocycles. The molecule has 90 valence electrons. The Morgan fingerprint density at radius 3 is 2.75 bits per heavy atom. The predicted molar refractivity (Wildman–Crippen MR) is 63.7 cm³/mol. The molecule has 1 aromatic rings. The number of halogens is 1. The summed E-state index contributed by atoms with van der Waals surface area (Å²) >= 11 is 5.83. The molecule has 1 amide bonds. The number of nitrogens with zero attached hydrogens (tertiary/aromatic N) is 1. The molecule has 1 rings (SSSR count). The second kappa shape index (κ2) is 4.89. The summed E-state index contributed by atoms with van der Waals surface area (Å²) in [6, 6.07) is 1.62. The molecule has 0 radical (unpaired) electrons. The number of hydrogen-bond acceptors (Lipinski definition) is 2. The average molecular weight is 245 g/mol. The number of aryl methyl sites for hydroxylation is 1. The van der Waals surface area contributed by atoms with Crippen LogP contribution in [0.2, 0.25) is 5.02 Å². The van der Waals surface area contributed by atoms with Crippen molar-refractivity contribution in [3.05, 3.63) is 23.0 Å². The highest BCUT2D eigenvalue weighted by atomic mass is 35.5. The van der Waals surface area contributed by atoms with Gasteiger partial charge in [-0.1, -0.05) is 11.6 Å². The van der Waals surface area contributed by atoms with E-state index in [1.807, 2.05) is 6.92 Å². The van der Waals surface area contributed by atoms with Crippen molar-refractivity contribution in [1.29, 1.82) is 0 Å². The van der Waals surface area contributed by atoms with Crippen molar-refractivity contribution in [3.8, 4) is 0 Å². The predicted octanol–water partition coefficient (Wildman–Crippen LogP) is 1.66. The zero-order chi connectivity index (χ0) is 12.3. The van der Waals surface area contributed by atoms with Gasteiger partial charge in [-0.3, -0.25) is 4.79 Å². The minimum atomic E-state index is -0.914. The Hall–Kier alpha value is -1.00. The van der Waals surface area contributed by atoms with Crippen LogP contribution in [0, 0.1) is 0 Å². The Balaban J connectivity index is 2.73. The number of carbonyl (C=O) groups is 1. The van der Waals surface area contributed by atoms with Gasteiger partial charge >= 0.3 is 0 Å². The van der Waals surface area contributed by atoms with Crippen molar-refractivity contribution in [2.75, 3.05) is 6.54 Å². The van der Waals surface area contributed by atoms with Gasteiger partial charge < -0.3 is 15.0 Å². The minimum absolute atomic E-state index is 0.207. The Labute approximate surface area is 100 Å². The zero-order valence-electron chi connectivity index (χ0n) is 9.75. The molecule has 0 aliphatic heterocycles. The SMILES string of the molecule is CCn1cc(Cl)cc1C(=O)NCC(C)(C)O. The molecule has 1 heterocycles. The van der Waals surface area contributed by atoms with E-state index < -0.39 is 5.60 Å². The summed E-state index contributed by atoms with van der Waals surface area (Å²) in [5.74, 6) is -0.226. The second-order valence-corrected chi connectivity index (χ2v) is 4.76. The van der Waals surface area contributed by atoms with Gasteiger partial charge in [-0.25, -0.2) is 0 Å². The molecule has 0 spiro atoms. The van der Waals surface area contributed by atoms with E-state index in [0.717, 1.165) is 0 Å². The minimum Gasteiger partial charge on any atom is -0.389 e. The first-order valence-electron chi connectivity index (χ1n) is 5.19. The largest absolute Gasteiger partial charge is 0.389 e. The molecule has 0 aliphatic rings. The van der Waals surface area contributed by atoms with E-state index in [1.165, 1.54) is 0 Å². The number of amides is 1. The molecule has 0 aliphatic carbocycles. The smallest absolute Gasteiger partial charge is 0.268 e. The van der Waals surface area contributed by atoms with Gasteiger partial charge in [0.2, 0.25) is 0 Å². The first kappa shape index (κ1) is 13.1. The number of aliphatic hydroxyl groups is 1. The topological polar surface area (TPSA) is 54.3 Å². The summed E-state index contributed by atoms with van der Waals surface area (Å²) in [5.41, 5.74) is -0.403. The van der Waals surface area contributed by atoms with Gasteiger partial charge in [0.25, 0.3) is 5.91 Å². The lowest BCUT2D eigenvalue weighted by atomic mass is 10.1. The molecular weight excluding hydrogens is 228 g/mol. The molecule has 0 unspecified atom stereocenters. The van der Waals surface area contributed by atoms with Crippen LogP contribution in [0.1, 0.15) is 31.3 Å². The molecule has 0 fully saturated rings. The van der Waals surface area contributed by atoms with Crippen LogP contribution >= 0.6 is 11.6 Å². The van der Waals surface area contributed by atoms with E-state index in [4.69, 9.17) is 11.6 Å². The number of hydrogen-bond donors (Lipinski definition) is 2. The van der Waals surface area contributed by atoms with Crippen LogP contribution in [0.5, 0.6) is 0 Å². The van der Waals surface area contributed by atoms with E-state index >= 15 is 0 Å². The third kappa shape index (κ3) is 3.54. The first-order valence-corrected chi connectivity index (χ1v) is 5.57. The van der Waals surface area contributed by atoms with Gasteiger partial charge in [-0.05, 0) is 26.8 Å². The molecule has 0 bridgehead atoms. The fourth-order valence-electron chi connectivity index (χ4n) is 1.31. The van der Waals surface area contributed by atoms with Gasteiger partial charge in [0.1, 0.15) is 5.69 Å². The third-order valence-corrected chi connectivity index (χ3v) is 2.32. The maximum Gasteiger partial charge on any atom is 0.268 e. The summed E-state index contributed by atoms with van der Waals surface area (Å²) < 4.78 is 1.77. The van der Waals surface area contributed by atoms with Gasteiger partial charge in [0.15, 0.2) is 0 Å². The Bertz CT molecular complexity index is 380. The van der Waals surface area contributed by atoms with Crippen LogP contribution < -0.4 is 5.32 Å². The summed E-state index contributed by atoms with van der Waals surface area (Å²) in [5, 5.41) is 12.7. The molecule has 1 aromatic heterocycles. The lowest BCUT2D eigenvalue weighted by Gasteiger charge is -2.17. The van der Waals surface area contributed by atoms with Crippen molar-refractivity contribution < 1.29 is 9.90 Å². The van der Waals surface area contributed by atoms with Crippen LogP contribution in [0.15, 0.2) is 12.3 Å². The van der Waals surface area contributed by atoms with Crippen molar-refractivity contribution in [1.82, 2.24) is 9.88 Å². The standard InChI is InChI=1S/C11H17ClN2O2/c1-4-14-6-8(12)5-9(14)10(15)13-7-11(2,3)16/h5-6,16H,4,7H2,1-3H3,(H,13,15). The van der Waals surface area contributed by atoms with Gasteiger partial charge in [-0.15, -0.1) is 0 Å². The van der Waals surface area contributed by atoms with E-state index in [-0.39, 0.29) is 12.5 Å². The molecule has 2 N–H and O–H groups in total. The van der Waals surface area contributed by atoms with Crippen LogP contribution in [-0.2, 0) is 6.54 Å². The van der Waals surface area contributed by atoms with E-state index in [9.17, 15) is 9.90 Å². The quantitative estimate of drug-likeness (QED) is 0.847. The third-order valence-electron chi connectivity index (χ3n) is 2.12. The zero-order valence-corrected chi connectivity index (χ0v) is 10.5. The highest BCUT2D eigenvalue weighted by Gasteiger charge is 2.17. The normalized spacial score (nSPS) is 11.6. The lowest BCUT2D eigenvalue weighted by Crippen LogP contribution is -2.38. The fourth-order valence-corrected chi connectivity index (χ4v) is 1.54. The molecule has 16 heavy (non-hydrogen) atoms. The Kier molecular flexibility index (Phi) is 3.99. The van der Waals surface area contributed by atoms with E-state index in [0.29, 0.717) is 17.3 Å². The maximum atomic E-state index is 11.8. The molecule has 4 nitrogen and oxygen atoms in total. The summed E-state index contributed by atoms with van der Waals surface area (Å²) in [6.07, 6.45) is 1.71. The molecule has 0 atom stereocenters. The van der Waals surface area contributed by atoms with Gasteiger partial charge in [0.05, 0.1) is 10.6 Å². The molecule has 5 heteroatoms. The molecular formula is C11H17ClN2O2. The first-order chi connectivity index (χ1) is 7.33. The van der Waals surface area contributed by atoms with Crippen molar-refractivity contribution in [2.45, 2.75) is 32.9 Å². The molecule has 0 aromatic carbocycles. The van der Waals surface area contributed by atoms with Gasteiger partial charge in [0, 0.05) is 19.3 Å². The highest BCUT2D eigenvalue weighted by Crippen LogP contribution is 2.14. The highest BCUT2D eigenvalue weighted by molar-refractivity contribution is 6.31. The van der Waals surface area contributed by atoms with Gasteiger partial charge in [-0.2, -0.15) is 0 Å². The number of aromatic nitrogens is 1. The van der Waals surface area contributed by atoms with Crippen molar-refractivity contribution in [3.63, 3.8) is 0 Å². The van der Waals surface area contributed by atoms with Crippen LogP contribution in [0.25, 0.3) is 0 Å². The van der Waals surface area contributed by atoms with E-state index in [2.05, 4.69) is 5.32 Å². The Morgan fingerprint density at radius 2 is 2.25 bits per heavy atom. The van der Waals surface area contributed by atoms with Crippen LogP contribution in [0.3, 0.4) is 0 Å². The van der Waals surface area contributed by atoms with Crippen molar-refractivity contribution in [2.24, 2.45) is 0 Å². The number of rotatable bonds is 4. The molecule has 0 saturated heterocycles. The lowest BCUT2D eigenvalue weighted by molar-refractivity contribution is 0.0690. The van der Waals surface area contributed by atoms with Crippen LogP contribution in [0.4, 0.5) is 0 Å². The van der Waals surface area contributed by atoms with Crippen LogP contribution in [-0.4, -0.2) is 27.7 Å². The number of nitrogens with one attached hydrogen (secondary N) is 1. The average Bonchev–Trinajstić information content (AvgIpc) is 2.55. The summed E-state index contributed by atoms with van der Waals surface area (Å²) in [7, 11) is 0. The summed E-state index contributed by atoms with van der Waals surface area (Å²) in [6.45, 7) is 6.09.